The summed E-state index contributed by atoms with van der Waals surface area (Å²) in [4.78, 5) is 19.6. The van der Waals surface area contributed by atoms with Gasteiger partial charge in [0, 0.05) is 42.2 Å². The number of carbonyl (C=O) groups excluding carboxylic acids is 1. The fourth-order valence-corrected chi connectivity index (χ4v) is 4.44. The summed E-state index contributed by atoms with van der Waals surface area (Å²) in [6.45, 7) is 2.24. The minimum Gasteiger partial charge on any atom is -0.361 e. The van der Waals surface area contributed by atoms with Crippen LogP contribution in [0.25, 0.3) is 22.3 Å². The number of benzene rings is 2. The van der Waals surface area contributed by atoms with Crippen LogP contribution in [0.2, 0.25) is 0 Å². The van der Waals surface area contributed by atoms with Crippen LogP contribution < -0.4 is 0 Å². The predicted octanol–water partition coefficient (Wildman–Crippen LogP) is 4.01. The molecule has 0 bridgehead atoms. The van der Waals surface area contributed by atoms with E-state index in [0.29, 0.717) is 31.1 Å². The van der Waals surface area contributed by atoms with E-state index in [-0.39, 0.29) is 5.91 Å². The molecule has 5 rings (SSSR count). The Bertz CT molecular complexity index is 1160. The van der Waals surface area contributed by atoms with E-state index in [2.05, 4.69) is 50.9 Å². The Hall–Kier alpha value is -3.48. The Morgan fingerprint density at radius 1 is 1.03 bits per heavy atom. The molecule has 31 heavy (non-hydrogen) atoms. The third kappa shape index (κ3) is 4.21. The molecule has 1 aliphatic rings. The fourth-order valence-electron chi connectivity index (χ4n) is 4.44. The van der Waals surface area contributed by atoms with Crippen LogP contribution in [-0.2, 0) is 11.3 Å². The maximum Gasteiger partial charge on any atom is 0.222 e. The van der Waals surface area contributed by atoms with Gasteiger partial charge in [0.15, 0.2) is 0 Å². The Labute approximate surface area is 181 Å². The Balaban J connectivity index is 1.10. The first-order valence-corrected chi connectivity index (χ1v) is 10.9. The number of tetrazole rings is 1. The van der Waals surface area contributed by atoms with Gasteiger partial charge in [-0.3, -0.25) is 4.79 Å². The second-order valence-electron chi connectivity index (χ2n) is 8.12. The molecule has 1 amide bonds. The van der Waals surface area contributed by atoms with E-state index in [1.165, 1.54) is 16.5 Å². The van der Waals surface area contributed by atoms with E-state index >= 15 is 0 Å². The molecule has 1 aliphatic heterocycles. The number of piperidine rings is 1. The van der Waals surface area contributed by atoms with Crippen LogP contribution in [0.4, 0.5) is 0 Å². The third-order valence-corrected chi connectivity index (χ3v) is 6.14. The molecule has 4 aromatic rings. The standard InChI is InChI=1S/C24H26N6O/c31-23(11-6-14-30-27-24(26-28-30)19-7-2-1-3-8-19)29-15-12-18(13-16-29)21-17-25-22-10-5-4-9-20(21)22/h1-5,7-10,17-18,25H,6,11-16H2. The zero-order valence-corrected chi connectivity index (χ0v) is 17.4. The van der Waals surface area contributed by atoms with E-state index in [1.54, 1.807) is 4.80 Å². The molecule has 3 heterocycles. The lowest BCUT2D eigenvalue weighted by molar-refractivity contribution is -0.132. The normalized spacial score (nSPS) is 14.9. The molecule has 0 unspecified atom stereocenters. The van der Waals surface area contributed by atoms with Crippen molar-refractivity contribution in [3.05, 3.63) is 66.4 Å². The van der Waals surface area contributed by atoms with Crippen LogP contribution in [0.1, 0.15) is 37.2 Å². The third-order valence-electron chi connectivity index (χ3n) is 6.14. The number of nitrogens with zero attached hydrogens (tertiary/aromatic N) is 5. The minimum atomic E-state index is 0.223. The Morgan fingerprint density at radius 3 is 2.65 bits per heavy atom. The number of hydrogen-bond acceptors (Lipinski definition) is 4. The molecule has 0 spiro atoms. The topological polar surface area (TPSA) is 79.7 Å². The number of nitrogens with one attached hydrogen (secondary N) is 1. The van der Waals surface area contributed by atoms with Crippen molar-refractivity contribution in [2.24, 2.45) is 0 Å². The van der Waals surface area contributed by atoms with Gasteiger partial charge >= 0.3 is 0 Å². The molecule has 7 nitrogen and oxygen atoms in total. The molecule has 0 aliphatic carbocycles. The molecule has 0 atom stereocenters. The Kier molecular flexibility index (Phi) is 5.48. The maximum absolute atomic E-state index is 12.7. The van der Waals surface area contributed by atoms with Gasteiger partial charge in [-0.1, -0.05) is 48.5 Å². The van der Waals surface area contributed by atoms with Crippen molar-refractivity contribution < 1.29 is 4.79 Å². The molecular weight excluding hydrogens is 388 g/mol. The van der Waals surface area contributed by atoms with E-state index < -0.39 is 0 Å². The molecule has 158 valence electrons. The van der Waals surface area contributed by atoms with Crippen molar-refractivity contribution >= 4 is 16.8 Å². The van der Waals surface area contributed by atoms with E-state index in [1.807, 2.05) is 35.2 Å². The number of aromatic nitrogens is 5. The van der Waals surface area contributed by atoms with Gasteiger partial charge in [-0.05, 0) is 42.0 Å². The first kappa shape index (κ1) is 19.5. The van der Waals surface area contributed by atoms with E-state index in [4.69, 9.17) is 0 Å². The summed E-state index contributed by atoms with van der Waals surface area (Å²) in [5.41, 5.74) is 3.52. The van der Waals surface area contributed by atoms with Crippen LogP contribution in [0.15, 0.2) is 60.8 Å². The molecule has 2 aromatic carbocycles. The smallest absolute Gasteiger partial charge is 0.222 e. The number of hydrogen-bond donors (Lipinski definition) is 1. The number of aryl methyl sites for hydroxylation is 1. The Morgan fingerprint density at radius 2 is 1.81 bits per heavy atom. The fraction of sp³-hybridized carbons (Fsp3) is 0.333. The summed E-state index contributed by atoms with van der Waals surface area (Å²) in [5.74, 6) is 1.35. The van der Waals surface area contributed by atoms with Crippen LogP contribution >= 0.6 is 0 Å². The van der Waals surface area contributed by atoms with E-state index in [0.717, 1.165) is 31.5 Å². The summed E-state index contributed by atoms with van der Waals surface area (Å²) < 4.78 is 0. The molecule has 1 fully saturated rings. The first-order valence-electron chi connectivity index (χ1n) is 10.9. The second kappa shape index (κ2) is 8.71. The average molecular weight is 415 g/mol. The van der Waals surface area contributed by atoms with Crippen LogP contribution in [-0.4, -0.2) is 49.1 Å². The predicted molar refractivity (Wildman–Crippen MR) is 119 cm³/mol. The zero-order chi connectivity index (χ0) is 21.0. The lowest BCUT2D eigenvalue weighted by atomic mass is 9.89. The van der Waals surface area contributed by atoms with Crippen LogP contribution in [0.3, 0.4) is 0 Å². The highest BCUT2D eigenvalue weighted by atomic mass is 16.2. The first-order chi connectivity index (χ1) is 15.3. The van der Waals surface area contributed by atoms with Gasteiger partial charge < -0.3 is 9.88 Å². The van der Waals surface area contributed by atoms with Gasteiger partial charge in [-0.2, -0.15) is 4.80 Å². The van der Waals surface area contributed by atoms with Crippen molar-refractivity contribution in [3.8, 4) is 11.4 Å². The van der Waals surface area contributed by atoms with Gasteiger partial charge in [-0.25, -0.2) is 0 Å². The average Bonchev–Trinajstić information content (AvgIpc) is 3.47. The van der Waals surface area contributed by atoms with E-state index in [9.17, 15) is 4.79 Å². The highest BCUT2D eigenvalue weighted by Gasteiger charge is 2.25. The minimum absolute atomic E-state index is 0.223. The maximum atomic E-state index is 12.7. The van der Waals surface area contributed by atoms with Gasteiger partial charge in [0.25, 0.3) is 0 Å². The largest absolute Gasteiger partial charge is 0.361 e. The second-order valence-corrected chi connectivity index (χ2v) is 8.12. The highest BCUT2D eigenvalue weighted by Crippen LogP contribution is 2.33. The van der Waals surface area contributed by atoms with Crippen molar-refractivity contribution in [2.45, 2.75) is 38.1 Å². The number of fused-ring (bicyclic) bond motifs is 1. The van der Waals surface area contributed by atoms with Crippen molar-refractivity contribution in [2.75, 3.05) is 13.1 Å². The van der Waals surface area contributed by atoms with Gasteiger partial charge in [-0.15, -0.1) is 10.2 Å². The number of rotatable bonds is 6. The van der Waals surface area contributed by atoms with Crippen molar-refractivity contribution in [1.29, 1.82) is 0 Å². The molecule has 7 heteroatoms. The molecule has 0 radical (unpaired) electrons. The molecular formula is C24H26N6O. The number of aromatic amines is 1. The van der Waals surface area contributed by atoms with Crippen LogP contribution in [0, 0.1) is 0 Å². The van der Waals surface area contributed by atoms with Crippen LogP contribution in [0.5, 0.6) is 0 Å². The number of H-pyrrole nitrogens is 1. The van der Waals surface area contributed by atoms with Crippen molar-refractivity contribution in [3.63, 3.8) is 0 Å². The lowest BCUT2D eigenvalue weighted by Gasteiger charge is -2.32. The monoisotopic (exact) mass is 414 g/mol. The number of amides is 1. The summed E-state index contributed by atoms with van der Waals surface area (Å²) in [5, 5.41) is 14.0. The summed E-state index contributed by atoms with van der Waals surface area (Å²) in [6, 6.07) is 18.2. The summed E-state index contributed by atoms with van der Waals surface area (Å²) in [6.07, 6.45) is 5.39. The van der Waals surface area contributed by atoms with Crippen molar-refractivity contribution in [1.82, 2.24) is 30.1 Å². The quantitative estimate of drug-likeness (QED) is 0.517. The zero-order valence-electron chi connectivity index (χ0n) is 17.4. The van der Waals surface area contributed by atoms with Gasteiger partial charge in [0.1, 0.15) is 0 Å². The number of para-hydroxylation sites is 1. The summed E-state index contributed by atoms with van der Waals surface area (Å²) >= 11 is 0. The lowest BCUT2D eigenvalue weighted by Crippen LogP contribution is -2.37. The number of likely N-dealkylation sites (tertiary alicyclic amines) is 1. The summed E-state index contributed by atoms with van der Waals surface area (Å²) in [7, 11) is 0. The number of carbonyl (C=O) groups is 1. The van der Waals surface area contributed by atoms with Gasteiger partial charge in [0.05, 0.1) is 6.54 Å². The highest BCUT2D eigenvalue weighted by molar-refractivity contribution is 5.83. The molecule has 1 N–H and O–H groups in total. The van der Waals surface area contributed by atoms with Gasteiger partial charge in [0.2, 0.25) is 11.7 Å². The molecule has 1 saturated heterocycles. The molecule has 2 aromatic heterocycles. The molecule has 0 saturated carbocycles. The SMILES string of the molecule is O=C(CCCn1nnc(-c2ccccc2)n1)N1CCC(c2c[nH]c3ccccc23)CC1.